The summed E-state index contributed by atoms with van der Waals surface area (Å²) >= 11 is 0. The largest absolute Gasteiger partial charge is 0.454 e. The smallest absolute Gasteiger partial charge is 0.255 e. The Balaban J connectivity index is 1.45. The predicted molar refractivity (Wildman–Crippen MR) is 131 cm³/mol. The van der Waals surface area contributed by atoms with Gasteiger partial charge < -0.3 is 25.4 Å². The molecule has 0 fully saturated rings. The van der Waals surface area contributed by atoms with Gasteiger partial charge in [-0.1, -0.05) is 44.2 Å². The summed E-state index contributed by atoms with van der Waals surface area (Å²) < 4.78 is 10.6. The zero-order chi connectivity index (χ0) is 24.1. The third-order valence-electron chi connectivity index (χ3n) is 5.70. The summed E-state index contributed by atoms with van der Waals surface area (Å²) in [6, 6.07) is 21.8. The number of benzene rings is 3. The van der Waals surface area contributed by atoms with Crippen LogP contribution in [0.3, 0.4) is 0 Å². The highest BCUT2D eigenvalue weighted by Crippen LogP contribution is 2.32. The molecule has 0 atom stereocenters. The van der Waals surface area contributed by atoms with Crippen molar-refractivity contribution in [3.05, 3.63) is 89.5 Å². The molecule has 7 heteroatoms. The molecule has 3 aromatic carbocycles. The molecule has 3 N–H and O–H groups in total. The van der Waals surface area contributed by atoms with E-state index in [2.05, 4.69) is 5.32 Å². The molecule has 176 valence electrons. The molecular weight excluding hydrogens is 430 g/mol. The third-order valence-corrected chi connectivity index (χ3v) is 5.70. The van der Waals surface area contributed by atoms with Crippen LogP contribution in [0.25, 0.3) is 0 Å². The second kappa shape index (κ2) is 9.97. The SMILES string of the molecule is CC(C)(CN)CN(Cc1ccc(NC(=O)c2ccc3c(c2)OCO3)cc1)C(=O)c1ccccc1. The zero-order valence-corrected chi connectivity index (χ0v) is 19.4. The van der Waals surface area contributed by atoms with Crippen LogP contribution >= 0.6 is 0 Å². The number of rotatable bonds is 8. The molecule has 0 aliphatic carbocycles. The monoisotopic (exact) mass is 459 g/mol. The maximum Gasteiger partial charge on any atom is 0.255 e. The molecule has 2 amide bonds. The fraction of sp³-hybridized carbons (Fsp3) is 0.259. The second-order valence-electron chi connectivity index (χ2n) is 9.11. The lowest BCUT2D eigenvalue weighted by molar-refractivity contribution is 0.0673. The summed E-state index contributed by atoms with van der Waals surface area (Å²) in [6.07, 6.45) is 0. The number of nitrogens with one attached hydrogen (secondary N) is 1. The minimum absolute atomic E-state index is 0.0395. The van der Waals surface area contributed by atoms with Gasteiger partial charge in [0.2, 0.25) is 6.79 Å². The molecule has 0 saturated heterocycles. The summed E-state index contributed by atoms with van der Waals surface area (Å²) in [4.78, 5) is 27.7. The number of anilines is 1. The zero-order valence-electron chi connectivity index (χ0n) is 19.4. The third kappa shape index (κ3) is 5.55. The number of carbonyl (C=O) groups excluding carboxylic acids is 2. The minimum atomic E-state index is -0.239. The van der Waals surface area contributed by atoms with Crippen molar-refractivity contribution in [2.45, 2.75) is 20.4 Å². The van der Waals surface area contributed by atoms with E-state index in [1.165, 1.54) is 0 Å². The molecule has 1 aliphatic heterocycles. The predicted octanol–water partition coefficient (Wildman–Crippen LogP) is 4.29. The normalized spacial score (nSPS) is 12.3. The van der Waals surface area contributed by atoms with Gasteiger partial charge >= 0.3 is 0 Å². The van der Waals surface area contributed by atoms with E-state index in [9.17, 15) is 9.59 Å². The van der Waals surface area contributed by atoms with Crippen molar-refractivity contribution in [1.82, 2.24) is 4.90 Å². The van der Waals surface area contributed by atoms with E-state index in [1.54, 1.807) is 18.2 Å². The molecule has 0 spiro atoms. The Hall–Kier alpha value is -3.84. The average molecular weight is 460 g/mol. The average Bonchev–Trinajstić information content (AvgIpc) is 3.33. The van der Waals surface area contributed by atoms with Crippen LogP contribution in [-0.4, -0.2) is 36.6 Å². The van der Waals surface area contributed by atoms with E-state index >= 15 is 0 Å². The quantitative estimate of drug-likeness (QED) is 0.524. The van der Waals surface area contributed by atoms with E-state index in [4.69, 9.17) is 15.2 Å². The molecule has 3 aromatic rings. The fourth-order valence-corrected chi connectivity index (χ4v) is 3.70. The van der Waals surface area contributed by atoms with Crippen LogP contribution < -0.4 is 20.5 Å². The highest BCUT2D eigenvalue weighted by molar-refractivity contribution is 6.04. The van der Waals surface area contributed by atoms with Gasteiger partial charge in [0, 0.05) is 29.9 Å². The van der Waals surface area contributed by atoms with Crippen LogP contribution in [0.4, 0.5) is 5.69 Å². The molecule has 0 unspecified atom stereocenters. The summed E-state index contributed by atoms with van der Waals surface area (Å²) in [5, 5.41) is 2.89. The highest BCUT2D eigenvalue weighted by atomic mass is 16.7. The standard InChI is InChI=1S/C27H29N3O4/c1-27(2,16-28)17-30(26(32)20-6-4-3-5-7-20)15-19-8-11-22(12-9-19)29-25(31)21-10-13-23-24(14-21)34-18-33-23/h3-14H,15-18,28H2,1-2H3,(H,29,31). The molecule has 34 heavy (non-hydrogen) atoms. The van der Waals surface area contributed by atoms with Crippen LogP contribution in [0.2, 0.25) is 0 Å². The van der Waals surface area contributed by atoms with Crippen molar-refractivity contribution < 1.29 is 19.1 Å². The van der Waals surface area contributed by atoms with Gasteiger partial charge in [-0.3, -0.25) is 9.59 Å². The molecule has 1 aliphatic rings. The molecule has 0 bridgehead atoms. The van der Waals surface area contributed by atoms with Crippen molar-refractivity contribution in [3.63, 3.8) is 0 Å². The van der Waals surface area contributed by atoms with Gasteiger partial charge in [-0.15, -0.1) is 0 Å². The Morgan fingerprint density at radius 1 is 0.941 bits per heavy atom. The minimum Gasteiger partial charge on any atom is -0.454 e. The van der Waals surface area contributed by atoms with Gasteiger partial charge in [-0.25, -0.2) is 0 Å². The molecule has 7 nitrogen and oxygen atoms in total. The molecular formula is C27H29N3O4. The number of ether oxygens (including phenoxy) is 2. The number of hydrogen-bond acceptors (Lipinski definition) is 5. The van der Waals surface area contributed by atoms with Crippen molar-refractivity contribution >= 4 is 17.5 Å². The number of hydrogen-bond donors (Lipinski definition) is 2. The first-order valence-electron chi connectivity index (χ1n) is 11.2. The van der Waals surface area contributed by atoms with Crippen LogP contribution in [0.15, 0.2) is 72.8 Å². The van der Waals surface area contributed by atoms with Crippen molar-refractivity contribution in [2.75, 3.05) is 25.2 Å². The van der Waals surface area contributed by atoms with Crippen LogP contribution in [0, 0.1) is 5.41 Å². The summed E-state index contributed by atoms with van der Waals surface area (Å²) in [6.45, 7) is 5.69. The van der Waals surface area contributed by atoms with Crippen molar-refractivity contribution in [2.24, 2.45) is 11.1 Å². The second-order valence-corrected chi connectivity index (χ2v) is 9.11. The lowest BCUT2D eigenvalue weighted by Gasteiger charge is -2.32. The highest BCUT2D eigenvalue weighted by Gasteiger charge is 2.25. The van der Waals surface area contributed by atoms with Crippen LogP contribution in [0.1, 0.15) is 40.1 Å². The van der Waals surface area contributed by atoms with Crippen LogP contribution in [0.5, 0.6) is 11.5 Å². The lowest BCUT2D eigenvalue weighted by atomic mass is 9.92. The van der Waals surface area contributed by atoms with E-state index in [0.717, 1.165) is 5.56 Å². The first-order valence-corrected chi connectivity index (χ1v) is 11.2. The van der Waals surface area contributed by atoms with E-state index in [1.807, 2.05) is 73.3 Å². The molecule has 0 aromatic heterocycles. The Bertz CT molecular complexity index is 1160. The van der Waals surface area contributed by atoms with Gasteiger partial charge in [0.1, 0.15) is 0 Å². The maximum absolute atomic E-state index is 13.2. The van der Waals surface area contributed by atoms with Gasteiger partial charge in [0.05, 0.1) is 0 Å². The molecule has 4 rings (SSSR count). The van der Waals surface area contributed by atoms with Gasteiger partial charge in [0.15, 0.2) is 11.5 Å². The molecule has 0 saturated carbocycles. The summed E-state index contributed by atoms with van der Waals surface area (Å²) in [7, 11) is 0. The maximum atomic E-state index is 13.2. The Morgan fingerprint density at radius 3 is 2.35 bits per heavy atom. The van der Waals surface area contributed by atoms with Gasteiger partial charge in [-0.05, 0) is 60.0 Å². The Labute approximate surface area is 199 Å². The van der Waals surface area contributed by atoms with Crippen molar-refractivity contribution in [3.8, 4) is 11.5 Å². The Kier molecular flexibility index (Phi) is 6.84. The van der Waals surface area contributed by atoms with Crippen LogP contribution in [-0.2, 0) is 6.54 Å². The number of carbonyl (C=O) groups is 2. The topological polar surface area (TPSA) is 93.9 Å². The van der Waals surface area contributed by atoms with Gasteiger partial charge in [-0.2, -0.15) is 0 Å². The number of fused-ring (bicyclic) bond motifs is 1. The fourth-order valence-electron chi connectivity index (χ4n) is 3.70. The summed E-state index contributed by atoms with van der Waals surface area (Å²) in [5.74, 6) is 0.916. The lowest BCUT2D eigenvalue weighted by Crippen LogP contribution is -2.41. The first-order chi connectivity index (χ1) is 16.3. The first kappa shape index (κ1) is 23.3. The number of nitrogens with two attached hydrogens (primary N) is 1. The van der Waals surface area contributed by atoms with Gasteiger partial charge in [0.25, 0.3) is 11.8 Å². The summed E-state index contributed by atoms with van der Waals surface area (Å²) in [5.41, 5.74) is 8.46. The Morgan fingerprint density at radius 2 is 1.65 bits per heavy atom. The van der Waals surface area contributed by atoms with Crippen molar-refractivity contribution in [1.29, 1.82) is 0 Å². The van der Waals surface area contributed by atoms with E-state index in [-0.39, 0.29) is 24.0 Å². The molecule has 1 heterocycles. The van der Waals surface area contributed by atoms with E-state index in [0.29, 0.717) is 47.9 Å². The van der Waals surface area contributed by atoms with E-state index < -0.39 is 0 Å². The number of nitrogens with zero attached hydrogens (tertiary/aromatic N) is 1. The molecule has 0 radical (unpaired) electrons. The number of amides is 2.